The Morgan fingerprint density at radius 2 is 1.77 bits per heavy atom. The number of hydrogen-bond donors (Lipinski definition) is 1. The first-order valence-corrected chi connectivity index (χ1v) is 11.8. The van der Waals surface area contributed by atoms with Crippen LogP contribution in [0.5, 0.6) is 0 Å². The molecule has 1 aliphatic carbocycles. The van der Waals surface area contributed by atoms with Gasteiger partial charge in [0, 0.05) is 11.3 Å². The summed E-state index contributed by atoms with van der Waals surface area (Å²) in [7, 11) is 0. The van der Waals surface area contributed by atoms with Crippen molar-refractivity contribution in [3.63, 3.8) is 0 Å². The lowest BCUT2D eigenvalue weighted by Gasteiger charge is -2.27. The zero-order chi connectivity index (χ0) is 21.1. The van der Waals surface area contributed by atoms with E-state index in [1.165, 1.54) is 23.7 Å². The van der Waals surface area contributed by atoms with Gasteiger partial charge in [0.15, 0.2) is 5.66 Å². The number of nitrogens with zero attached hydrogens (tertiary/aromatic N) is 2. The van der Waals surface area contributed by atoms with Crippen LogP contribution in [0.25, 0.3) is 0 Å². The van der Waals surface area contributed by atoms with Crippen LogP contribution in [0.1, 0.15) is 43.2 Å². The Balaban J connectivity index is 1.49. The number of rotatable bonds is 4. The van der Waals surface area contributed by atoms with Crippen molar-refractivity contribution in [1.29, 1.82) is 0 Å². The molecule has 4 nitrogen and oxygen atoms in total. The number of amides is 1. The van der Waals surface area contributed by atoms with E-state index in [4.69, 9.17) is 33.2 Å². The van der Waals surface area contributed by atoms with Crippen LogP contribution in [0.3, 0.4) is 0 Å². The Bertz CT molecular complexity index is 1010. The maximum absolute atomic E-state index is 12.5. The maximum Gasteiger partial charge on any atom is 0.234 e. The fourth-order valence-electron chi connectivity index (χ4n) is 3.77. The van der Waals surface area contributed by atoms with Crippen molar-refractivity contribution in [2.75, 3.05) is 11.1 Å². The summed E-state index contributed by atoms with van der Waals surface area (Å²) in [6.45, 7) is 2.07. The predicted octanol–water partition coefficient (Wildman–Crippen LogP) is 6.54. The standard InChI is InChI=1S/C23H23Cl2N3OS/c1-15-5-7-16(8-6-15)21-22(28-23(27-21)11-3-2-4-12-23)30-14-20(29)26-17-9-10-18(24)19(25)13-17/h5-10,13H,2-4,11-12,14H2,1H3,(H,26,29). The van der Waals surface area contributed by atoms with Crippen LogP contribution in [0.15, 0.2) is 52.4 Å². The first-order chi connectivity index (χ1) is 14.4. The number of anilines is 1. The van der Waals surface area contributed by atoms with Crippen molar-refractivity contribution in [2.45, 2.75) is 44.7 Å². The summed E-state index contributed by atoms with van der Waals surface area (Å²) >= 11 is 13.4. The molecule has 1 fully saturated rings. The van der Waals surface area contributed by atoms with Crippen molar-refractivity contribution < 1.29 is 4.79 Å². The molecule has 156 valence electrons. The summed E-state index contributed by atoms with van der Waals surface area (Å²) in [5.41, 5.74) is 3.45. The van der Waals surface area contributed by atoms with Gasteiger partial charge in [-0.1, -0.05) is 71.2 Å². The van der Waals surface area contributed by atoms with Gasteiger partial charge in [0.25, 0.3) is 0 Å². The van der Waals surface area contributed by atoms with Crippen molar-refractivity contribution in [3.8, 4) is 0 Å². The number of aryl methyl sites for hydroxylation is 1. The van der Waals surface area contributed by atoms with Crippen LogP contribution < -0.4 is 5.32 Å². The van der Waals surface area contributed by atoms with Crippen molar-refractivity contribution in [1.82, 2.24) is 0 Å². The molecule has 1 amide bonds. The fourth-order valence-corrected chi connectivity index (χ4v) is 4.94. The Kier molecular flexibility index (Phi) is 6.51. The Morgan fingerprint density at radius 3 is 2.47 bits per heavy atom. The molecule has 1 aliphatic heterocycles. The smallest absolute Gasteiger partial charge is 0.234 e. The lowest BCUT2D eigenvalue weighted by atomic mass is 9.90. The Morgan fingerprint density at radius 1 is 1.03 bits per heavy atom. The number of carbonyl (C=O) groups excluding carboxylic acids is 1. The number of thioether (sulfide) groups is 1. The minimum atomic E-state index is -0.346. The molecule has 30 heavy (non-hydrogen) atoms. The summed E-state index contributed by atoms with van der Waals surface area (Å²) < 4.78 is 0. The molecular formula is C23H23Cl2N3OS. The van der Waals surface area contributed by atoms with E-state index in [1.807, 2.05) is 0 Å². The highest BCUT2D eigenvalue weighted by Gasteiger charge is 2.37. The van der Waals surface area contributed by atoms with E-state index in [9.17, 15) is 4.79 Å². The van der Waals surface area contributed by atoms with Gasteiger partial charge in [-0.2, -0.15) is 0 Å². The Hall–Kier alpha value is -1.82. The first kappa shape index (κ1) is 21.4. The second-order valence-corrected chi connectivity index (χ2v) is 9.53. The molecular weight excluding hydrogens is 437 g/mol. The first-order valence-electron chi connectivity index (χ1n) is 10.1. The predicted molar refractivity (Wildman–Crippen MR) is 129 cm³/mol. The summed E-state index contributed by atoms with van der Waals surface area (Å²) in [5.74, 6) is 0.133. The molecule has 0 aromatic heterocycles. The Labute approximate surface area is 191 Å². The zero-order valence-corrected chi connectivity index (χ0v) is 19.1. The quantitative estimate of drug-likeness (QED) is 0.564. The van der Waals surface area contributed by atoms with Crippen LogP contribution in [-0.4, -0.2) is 28.1 Å². The van der Waals surface area contributed by atoms with E-state index >= 15 is 0 Å². The molecule has 0 saturated heterocycles. The number of benzene rings is 2. The number of aliphatic imine (C=N–C) groups is 2. The lowest BCUT2D eigenvalue weighted by molar-refractivity contribution is -0.113. The summed E-state index contributed by atoms with van der Waals surface area (Å²) in [6.07, 6.45) is 5.47. The number of hydrogen-bond acceptors (Lipinski definition) is 4. The third-order valence-electron chi connectivity index (χ3n) is 5.35. The monoisotopic (exact) mass is 459 g/mol. The van der Waals surface area contributed by atoms with Gasteiger partial charge in [0.2, 0.25) is 5.91 Å². The summed E-state index contributed by atoms with van der Waals surface area (Å²) in [4.78, 5) is 22.6. The van der Waals surface area contributed by atoms with Gasteiger partial charge in [-0.3, -0.25) is 9.79 Å². The maximum atomic E-state index is 12.5. The topological polar surface area (TPSA) is 53.8 Å². The van der Waals surface area contributed by atoms with Gasteiger partial charge in [0.1, 0.15) is 5.04 Å². The molecule has 1 N–H and O–H groups in total. The molecule has 2 aliphatic rings. The number of nitrogens with one attached hydrogen (secondary N) is 1. The molecule has 4 rings (SSSR count). The van der Waals surface area contributed by atoms with Gasteiger partial charge in [-0.15, -0.1) is 0 Å². The van der Waals surface area contributed by atoms with Gasteiger partial charge >= 0.3 is 0 Å². The van der Waals surface area contributed by atoms with Crippen LogP contribution in [0.4, 0.5) is 5.69 Å². The van der Waals surface area contributed by atoms with Gasteiger partial charge in [-0.05, 0) is 50.8 Å². The molecule has 2 aromatic rings. The molecule has 0 radical (unpaired) electrons. The molecule has 1 spiro atoms. The zero-order valence-electron chi connectivity index (χ0n) is 16.8. The minimum absolute atomic E-state index is 0.117. The number of carbonyl (C=O) groups is 1. The van der Waals surface area contributed by atoms with Gasteiger partial charge < -0.3 is 5.32 Å². The number of halogens is 2. The van der Waals surface area contributed by atoms with Crippen molar-refractivity contribution >= 4 is 57.3 Å². The highest BCUT2D eigenvalue weighted by molar-refractivity contribution is 8.16. The van der Waals surface area contributed by atoms with Crippen LogP contribution >= 0.6 is 35.0 Å². The average molecular weight is 460 g/mol. The third kappa shape index (κ3) is 4.90. The van der Waals surface area contributed by atoms with E-state index < -0.39 is 0 Å². The van der Waals surface area contributed by atoms with E-state index in [1.54, 1.807) is 18.2 Å². The van der Waals surface area contributed by atoms with Crippen LogP contribution in [0.2, 0.25) is 10.0 Å². The van der Waals surface area contributed by atoms with Crippen molar-refractivity contribution in [3.05, 3.63) is 63.6 Å². The second kappa shape index (κ2) is 9.13. The van der Waals surface area contributed by atoms with Crippen LogP contribution in [0, 0.1) is 6.92 Å². The third-order valence-corrected chi connectivity index (χ3v) is 7.06. The normalized spacial score (nSPS) is 17.6. The van der Waals surface area contributed by atoms with E-state index in [0.717, 1.165) is 42.0 Å². The molecule has 1 heterocycles. The molecule has 2 aromatic carbocycles. The van der Waals surface area contributed by atoms with E-state index in [2.05, 4.69) is 36.5 Å². The molecule has 7 heteroatoms. The van der Waals surface area contributed by atoms with Gasteiger partial charge in [-0.25, -0.2) is 4.99 Å². The highest BCUT2D eigenvalue weighted by Crippen LogP contribution is 2.38. The fraction of sp³-hybridized carbons (Fsp3) is 0.348. The minimum Gasteiger partial charge on any atom is -0.325 e. The highest BCUT2D eigenvalue weighted by atomic mass is 35.5. The molecule has 0 unspecified atom stereocenters. The average Bonchev–Trinajstić information content (AvgIpc) is 3.08. The summed E-state index contributed by atoms with van der Waals surface area (Å²) in [6, 6.07) is 13.4. The second-order valence-electron chi connectivity index (χ2n) is 7.75. The molecule has 0 bridgehead atoms. The van der Waals surface area contributed by atoms with E-state index in [0.29, 0.717) is 15.7 Å². The van der Waals surface area contributed by atoms with E-state index in [-0.39, 0.29) is 17.3 Å². The van der Waals surface area contributed by atoms with Gasteiger partial charge in [0.05, 0.1) is 21.5 Å². The lowest BCUT2D eigenvalue weighted by Crippen LogP contribution is -2.25. The van der Waals surface area contributed by atoms with Crippen molar-refractivity contribution in [2.24, 2.45) is 9.98 Å². The summed E-state index contributed by atoms with van der Waals surface area (Å²) in [5, 5.41) is 4.59. The molecule has 1 saturated carbocycles. The SMILES string of the molecule is Cc1ccc(C2=NC3(CCCCC3)N=C2SCC(=O)Nc2ccc(Cl)c(Cl)c2)cc1. The molecule has 0 atom stereocenters. The largest absolute Gasteiger partial charge is 0.325 e. The van der Waals surface area contributed by atoms with Crippen LogP contribution in [-0.2, 0) is 4.79 Å².